The monoisotopic (exact) mass is 877 g/mol. The maximum Gasteiger partial charge on any atom is 0.472 e. The van der Waals surface area contributed by atoms with Crippen LogP contribution in [0.1, 0.15) is 159 Å². The van der Waals surface area contributed by atoms with E-state index in [9.17, 15) is 19.0 Å². The fourth-order valence-electron chi connectivity index (χ4n) is 7.31. The van der Waals surface area contributed by atoms with Crippen LogP contribution in [0.4, 0.5) is 0 Å². The minimum atomic E-state index is -4.40. The Labute approximate surface area is 373 Å². The zero-order chi connectivity index (χ0) is 44.5. The quantitative estimate of drug-likeness (QED) is 0.0226. The van der Waals surface area contributed by atoms with Gasteiger partial charge in [0.2, 0.25) is 5.91 Å². The summed E-state index contributed by atoms with van der Waals surface area (Å²) in [5, 5.41) is 5.92. The molecule has 0 aromatic heterocycles. The van der Waals surface area contributed by atoms with Gasteiger partial charge >= 0.3 is 13.8 Å². The molecule has 0 heterocycles. The SMILES string of the molecule is CCCCCCCCCCCCCCCCCC(=O)OC(C)COP(=O)(O)OCCNC(=O)CNCCC/C(=C(\c1ccccc1)c1ccc(OCCC)cc1)c1ccccc1. The van der Waals surface area contributed by atoms with E-state index in [1.54, 1.807) is 6.92 Å². The molecule has 11 heteroatoms. The molecule has 0 saturated carbocycles. The molecular formula is C51H77N2O8P. The van der Waals surface area contributed by atoms with Crippen molar-refractivity contribution in [2.45, 2.75) is 149 Å². The number of unbranched alkanes of at least 4 members (excludes halogenated alkanes) is 14. The van der Waals surface area contributed by atoms with E-state index in [1.165, 1.54) is 82.6 Å². The van der Waals surface area contributed by atoms with Gasteiger partial charge in [-0.15, -0.1) is 0 Å². The van der Waals surface area contributed by atoms with Gasteiger partial charge in [-0.1, -0.05) is 177 Å². The van der Waals surface area contributed by atoms with Gasteiger partial charge in [-0.3, -0.25) is 18.6 Å². The topological polar surface area (TPSA) is 132 Å². The number of nitrogens with one attached hydrogen (secondary N) is 2. The van der Waals surface area contributed by atoms with Crippen LogP contribution < -0.4 is 15.4 Å². The molecule has 3 rings (SSSR count). The van der Waals surface area contributed by atoms with Crippen LogP contribution in [0.2, 0.25) is 0 Å². The van der Waals surface area contributed by atoms with Crippen molar-refractivity contribution in [3.8, 4) is 5.75 Å². The average molecular weight is 877 g/mol. The number of hydrogen-bond acceptors (Lipinski definition) is 8. The summed E-state index contributed by atoms with van der Waals surface area (Å²) in [6.07, 6.45) is 21.0. The lowest BCUT2D eigenvalue weighted by Crippen LogP contribution is -2.36. The molecule has 3 aromatic carbocycles. The fourth-order valence-corrected chi connectivity index (χ4v) is 8.11. The molecule has 0 fully saturated rings. The van der Waals surface area contributed by atoms with E-state index in [-0.39, 0.29) is 38.2 Å². The van der Waals surface area contributed by atoms with Crippen LogP contribution in [0.3, 0.4) is 0 Å². The molecular weight excluding hydrogens is 800 g/mol. The molecule has 0 bridgehead atoms. The summed E-state index contributed by atoms with van der Waals surface area (Å²) < 4.78 is 33.7. The van der Waals surface area contributed by atoms with Gasteiger partial charge in [0, 0.05) is 13.0 Å². The number of phosphoric acid groups is 1. The van der Waals surface area contributed by atoms with Crippen LogP contribution in [0.25, 0.3) is 11.1 Å². The molecule has 3 N–H and O–H groups in total. The van der Waals surface area contributed by atoms with Gasteiger partial charge in [0.1, 0.15) is 11.9 Å². The van der Waals surface area contributed by atoms with Crippen LogP contribution in [0.15, 0.2) is 84.9 Å². The number of carbonyl (C=O) groups excluding carboxylic acids is 2. The highest BCUT2D eigenvalue weighted by molar-refractivity contribution is 7.47. The standard InChI is InChI=1S/C51H77N2O8P/c1-4-6-7-8-9-10-11-12-13-14-15-16-17-18-25-32-50(55)61-43(3)42-60-62(56,57)59-40-38-53-49(54)41-52-37-26-31-48(44-27-21-19-22-28-44)51(45-29-23-20-24-30-45)46-33-35-47(36-34-46)58-39-5-2/h19-24,27-30,33-36,43,52H,4-18,25-26,31-32,37-42H2,1-3H3,(H,53,54)(H,56,57)/b51-48-. The summed E-state index contributed by atoms with van der Waals surface area (Å²) in [7, 11) is -4.40. The maximum atomic E-state index is 12.5. The van der Waals surface area contributed by atoms with E-state index >= 15 is 0 Å². The Kier molecular flexibility index (Phi) is 27.8. The number of ether oxygens (including phenoxy) is 2. The number of phosphoric ester groups is 1. The summed E-state index contributed by atoms with van der Waals surface area (Å²) in [6.45, 7) is 6.87. The second-order valence-electron chi connectivity index (χ2n) is 16.2. The van der Waals surface area contributed by atoms with E-state index in [1.807, 2.05) is 36.4 Å². The highest BCUT2D eigenvalue weighted by atomic mass is 31.2. The maximum absolute atomic E-state index is 12.5. The van der Waals surface area contributed by atoms with Crippen LogP contribution in [-0.2, 0) is 27.9 Å². The smallest absolute Gasteiger partial charge is 0.472 e. The van der Waals surface area contributed by atoms with Crippen molar-refractivity contribution in [1.82, 2.24) is 10.6 Å². The van der Waals surface area contributed by atoms with Gasteiger partial charge in [-0.2, -0.15) is 0 Å². The predicted octanol–water partition coefficient (Wildman–Crippen LogP) is 12.2. The first-order valence-corrected chi connectivity index (χ1v) is 25.1. The predicted molar refractivity (Wildman–Crippen MR) is 253 cm³/mol. The van der Waals surface area contributed by atoms with Crippen molar-refractivity contribution in [3.63, 3.8) is 0 Å². The molecule has 62 heavy (non-hydrogen) atoms. The number of esters is 1. The Bertz CT molecular complexity index is 1700. The number of benzene rings is 3. The normalized spacial score (nSPS) is 13.2. The van der Waals surface area contributed by atoms with E-state index < -0.39 is 13.9 Å². The first-order chi connectivity index (χ1) is 30.2. The Morgan fingerprint density at radius 2 is 1.16 bits per heavy atom. The lowest BCUT2D eigenvalue weighted by atomic mass is 9.87. The van der Waals surface area contributed by atoms with E-state index in [2.05, 4.69) is 73.0 Å². The van der Waals surface area contributed by atoms with Gasteiger partial charge in [0.05, 0.1) is 26.4 Å². The summed E-state index contributed by atoms with van der Waals surface area (Å²) in [4.78, 5) is 34.9. The van der Waals surface area contributed by atoms with E-state index in [0.717, 1.165) is 66.5 Å². The van der Waals surface area contributed by atoms with Crippen molar-refractivity contribution in [2.24, 2.45) is 0 Å². The molecule has 0 aliphatic heterocycles. The molecule has 0 spiro atoms. The van der Waals surface area contributed by atoms with E-state index in [0.29, 0.717) is 19.6 Å². The second kappa shape index (κ2) is 32.8. The number of amides is 1. The van der Waals surface area contributed by atoms with Crippen LogP contribution in [0, 0.1) is 0 Å². The first-order valence-electron chi connectivity index (χ1n) is 23.6. The largest absolute Gasteiger partial charge is 0.494 e. The van der Waals surface area contributed by atoms with Gasteiger partial charge in [0.25, 0.3) is 0 Å². The Hall–Kier alpha value is -3.79. The number of allylic oxidation sites excluding steroid dienone is 1. The van der Waals surface area contributed by atoms with Crippen molar-refractivity contribution in [1.29, 1.82) is 0 Å². The summed E-state index contributed by atoms with van der Waals surface area (Å²) in [5.74, 6) is 0.248. The first kappa shape index (κ1) is 52.6. The lowest BCUT2D eigenvalue weighted by molar-refractivity contribution is -0.150. The Morgan fingerprint density at radius 3 is 1.74 bits per heavy atom. The second-order valence-corrected chi connectivity index (χ2v) is 17.6. The minimum absolute atomic E-state index is 0.0296. The third-order valence-corrected chi connectivity index (χ3v) is 11.6. The van der Waals surface area contributed by atoms with Gasteiger partial charge in [-0.05, 0) is 79.1 Å². The summed E-state index contributed by atoms with van der Waals surface area (Å²) in [6, 6.07) is 29.1. The Balaban J connectivity index is 1.28. The van der Waals surface area contributed by atoms with Crippen LogP contribution in [0.5, 0.6) is 5.75 Å². The van der Waals surface area contributed by atoms with Gasteiger partial charge in [-0.25, -0.2) is 4.57 Å². The van der Waals surface area contributed by atoms with Crippen LogP contribution >= 0.6 is 7.82 Å². The average Bonchev–Trinajstić information content (AvgIpc) is 3.28. The molecule has 2 unspecified atom stereocenters. The van der Waals surface area contributed by atoms with Gasteiger partial charge in [0.15, 0.2) is 0 Å². The van der Waals surface area contributed by atoms with E-state index in [4.69, 9.17) is 18.5 Å². The van der Waals surface area contributed by atoms with Gasteiger partial charge < -0.3 is 25.0 Å². The minimum Gasteiger partial charge on any atom is -0.494 e. The molecule has 3 aromatic rings. The zero-order valence-corrected chi connectivity index (χ0v) is 39.0. The molecule has 1 amide bonds. The number of hydrogen-bond donors (Lipinski definition) is 3. The molecule has 2 atom stereocenters. The molecule has 0 radical (unpaired) electrons. The molecule has 0 aliphatic rings. The molecule has 10 nitrogen and oxygen atoms in total. The Morgan fingerprint density at radius 1 is 0.613 bits per heavy atom. The van der Waals surface area contributed by atoms with Crippen molar-refractivity contribution in [2.75, 3.05) is 39.5 Å². The molecule has 0 saturated heterocycles. The lowest BCUT2D eigenvalue weighted by Gasteiger charge is -2.18. The van der Waals surface area contributed by atoms with Crippen molar-refractivity contribution < 1.29 is 37.6 Å². The number of carbonyl (C=O) groups is 2. The third kappa shape index (κ3) is 23.6. The van der Waals surface area contributed by atoms with Crippen LogP contribution in [-0.4, -0.2) is 62.3 Å². The zero-order valence-electron chi connectivity index (χ0n) is 38.1. The highest BCUT2D eigenvalue weighted by Gasteiger charge is 2.23. The summed E-state index contributed by atoms with van der Waals surface area (Å²) in [5.41, 5.74) is 5.73. The third-order valence-electron chi connectivity index (χ3n) is 10.6. The summed E-state index contributed by atoms with van der Waals surface area (Å²) >= 11 is 0. The number of rotatable bonds is 36. The molecule has 344 valence electrons. The molecule has 0 aliphatic carbocycles. The van der Waals surface area contributed by atoms with Crippen molar-refractivity contribution in [3.05, 3.63) is 102 Å². The highest BCUT2D eigenvalue weighted by Crippen LogP contribution is 2.43. The fraction of sp³-hybridized carbons (Fsp3) is 0.569. The van der Waals surface area contributed by atoms with Crippen molar-refractivity contribution >= 4 is 30.8 Å².